The summed E-state index contributed by atoms with van der Waals surface area (Å²) in [6, 6.07) is 5.31. The number of aromatic hydroxyl groups is 1. The van der Waals surface area contributed by atoms with Gasteiger partial charge in [0.15, 0.2) is 0 Å². The second kappa shape index (κ2) is 4.90. The Morgan fingerprint density at radius 2 is 2.05 bits per heavy atom. The Kier molecular flexibility index (Phi) is 3.22. The maximum absolute atomic E-state index is 9.93. The first-order chi connectivity index (χ1) is 9.64. The molecule has 1 N–H and O–H groups in total. The summed E-state index contributed by atoms with van der Waals surface area (Å²) in [7, 11) is 1.69. The summed E-state index contributed by atoms with van der Waals surface area (Å²) in [5.41, 5.74) is 1.16. The van der Waals surface area contributed by atoms with Crippen LogP contribution in [0.4, 0.5) is 0 Å². The van der Waals surface area contributed by atoms with Crippen LogP contribution in [0.15, 0.2) is 22.7 Å². The first kappa shape index (κ1) is 13.1. The highest BCUT2D eigenvalue weighted by atomic mass is 16.5. The van der Waals surface area contributed by atoms with E-state index in [1.165, 1.54) is 0 Å². The Morgan fingerprint density at radius 3 is 2.75 bits per heavy atom. The summed E-state index contributed by atoms with van der Waals surface area (Å²) in [6.07, 6.45) is 4.02. The molecule has 20 heavy (non-hydrogen) atoms. The number of hydrogen-bond donors (Lipinski definition) is 1. The van der Waals surface area contributed by atoms with Crippen molar-refractivity contribution < 1.29 is 14.4 Å². The zero-order chi connectivity index (χ0) is 14.2. The molecule has 1 heterocycles. The summed E-state index contributed by atoms with van der Waals surface area (Å²) in [6.45, 7) is 1.95. The lowest BCUT2D eigenvalue weighted by Crippen LogP contribution is -2.25. The Labute approximate surface area is 117 Å². The van der Waals surface area contributed by atoms with Gasteiger partial charge >= 0.3 is 0 Å². The first-order valence-corrected chi connectivity index (χ1v) is 6.84. The van der Waals surface area contributed by atoms with Crippen LogP contribution in [0.3, 0.4) is 0 Å². The summed E-state index contributed by atoms with van der Waals surface area (Å²) >= 11 is 0. The number of phenols is 1. The Balaban J connectivity index is 2.00. The fourth-order valence-corrected chi connectivity index (χ4v) is 2.80. The number of methoxy groups -OCH3 is 1. The SMILES string of the molecule is COC1(c2noc(-c3cc(C)ccc3O)n2)CCCC1. The molecular weight excluding hydrogens is 256 g/mol. The van der Waals surface area contributed by atoms with Gasteiger partial charge in [0.05, 0.1) is 5.56 Å². The van der Waals surface area contributed by atoms with E-state index >= 15 is 0 Å². The van der Waals surface area contributed by atoms with Gasteiger partial charge in [0.2, 0.25) is 5.82 Å². The third-order valence-corrected chi connectivity index (χ3v) is 4.02. The summed E-state index contributed by atoms with van der Waals surface area (Å²) in [5.74, 6) is 1.06. The van der Waals surface area contributed by atoms with E-state index in [1.807, 2.05) is 19.1 Å². The van der Waals surface area contributed by atoms with E-state index < -0.39 is 5.60 Å². The number of aromatic nitrogens is 2. The topological polar surface area (TPSA) is 68.4 Å². The van der Waals surface area contributed by atoms with Crippen LogP contribution >= 0.6 is 0 Å². The van der Waals surface area contributed by atoms with E-state index in [4.69, 9.17) is 9.26 Å². The molecule has 1 saturated carbocycles. The molecule has 0 radical (unpaired) electrons. The van der Waals surface area contributed by atoms with Crippen molar-refractivity contribution >= 4 is 0 Å². The van der Waals surface area contributed by atoms with Crippen molar-refractivity contribution in [2.45, 2.75) is 38.2 Å². The molecule has 2 aromatic rings. The normalized spacial score (nSPS) is 17.5. The highest BCUT2D eigenvalue weighted by Crippen LogP contribution is 2.41. The third kappa shape index (κ3) is 2.08. The lowest BCUT2D eigenvalue weighted by Gasteiger charge is -2.22. The zero-order valence-electron chi connectivity index (χ0n) is 11.7. The molecule has 0 amide bonds. The molecule has 1 aromatic carbocycles. The van der Waals surface area contributed by atoms with Gasteiger partial charge in [0.1, 0.15) is 11.4 Å². The minimum atomic E-state index is -0.429. The first-order valence-electron chi connectivity index (χ1n) is 6.84. The maximum Gasteiger partial charge on any atom is 0.261 e. The third-order valence-electron chi connectivity index (χ3n) is 4.02. The number of phenolic OH excluding ortho intramolecular Hbond substituents is 1. The molecule has 1 fully saturated rings. The van der Waals surface area contributed by atoms with Gasteiger partial charge in [0.25, 0.3) is 5.89 Å². The molecule has 1 aliphatic carbocycles. The van der Waals surface area contributed by atoms with Crippen LogP contribution < -0.4 is 0 Å². The molecule has 1 aromatic heterocycles. The molecule has 5 heteroatoms. The molecule has 0 saturated heterocycles. The second-order valence-corrected chi connectivity index (χ2v) is 5.35. The second-order valence-electron chi connectivity index (χ2n) is 5.35. The van der Waals surface area contributed by atoms with Gasteiger partial charge in [0, 0.05) is 7.11 Å². The minimum absolute atomic E-state index is 0.142. The fraction of sp³-hybridized carbons (Fsp3) is 0.467. The van der Waals surface area contributed by atoms with Gasteiger partial charge < -0.3 is 14.4 Å². The van der Waals surface area contributed by atoms with Crippen LogP contribution in [0.2, 0.25) is 0 Å². The summed E-state index contributed by atoms with van der Waals surface area (Å²) in [5, 5.41) is 14.0. The number of rotatable bonds is 3. The van der Waals surface area contributed by atoms with Crippen molar-refractivity contribution in [3.05, 3.63) is 29.6 Å². The van der Waals surface area contributed by atoms with Crippen molar-refractivity contribution in [3.8, 4) is 17.2 Å². The summed E-state index contributed by atoms with van der Waals surface area (Å²) < 4.78 is 11.0. The molecule has 5 nitrogen and oxygen atoms in total. The van der Waals surface area contributed by atoms with Gasteiger partial charge in [-0.15, -0.1) is 0 Å². The molecule has 106 valence electrons. The van der Waals surface area contributed by atoms with E-state index in [0.717, 1.165) is 31.2 Å². The van der Waals surface area contributed by atoms with Gasteiger partial charge in [-0.05, 0) is 44.7 Å². The Hall–Kier alpha value is -1.88. The average Bonchev–Trinajstić information content (AvgIpc) is 3.10. The quantitative estimate of drug-likeness (QED) is 0.931. The number of hydrogen-bond acceptors (Lipinski definition) is 5. The number of benzene rings is 1. The highest BCUT2D eigenvalue weighted by Gasteiger charge is 2.40. The molecule has 3 rings (SSSR count). The van der Waals surface area contributed by atoms with Crippen LogP contribution in [-0.2, 0) is 10.3 Å². The lowest BCUT2D eigenvalue weighted by molar-refractivity contribution is -0.0178. The van der Waals surface area contributed by atoms with E-state index in [2.05, 4.69) is 10.1 Å². The summed E-state index contributed by atoms with van der Waals surface area (Å²) in [4.78, 5) is 4.44. The van der Waals surface area contributed by atoms with Crippen molar-refractivity contribution in [1.29, 1.82) is 0 Å². The molecule has 1 aliphatic rings. The molecule has 0 spiro atoms. The highest BCUT2D eigenvalue weighted by molar-refractivity contribution is 5.63. The van der Waals surface area contributed by atoms with Gasteiger partial charge in [-0.3, -0.25) is 0 Å². The zero-order valence-corrected chi connectivity index (χ0v) is 11.7. The van der Waals surface area contributed by atoms with E-state index in [1.54, 1.807) is 13.2 Å². The van der Waals surface area contributed by atoms with Crippen LogP contribution in [-0.4, -0.2) is 22.4 Å². The van der Waals surface area contributed by atoms with Crippen molar-refractivity contribution in [2.24, 2.45) is 0 Å². The van der Waals surface area contributed by atoms with Gasteiger partial charge in [-0.25, -0.2) is 0 Å². The van der Waals surface area contributed by atoms with Gasteiger partial charge in [-0.1, -0.05) is 16.8 Å². The maximum atomic E-state index is 9.93. The van der Waals surface area contributed by atoms with Crippen LogP contribution in [0.5, 0.6) is 5.75 Å². The van der Waals surface area contributed by atoms with E-state index in [9.17, 15) is 5.11 Å². The monoisotopic (exact) mass is 274 g/mol. The van der Waals surface area contributed by atoms with Gasteiger partial charge in [-0.2, -0.15) is 4.98 Å². The average molecular weight is 274 g/mol. The predicted octanol–water partition coefficient (Wildman–Crippen LogP) is 3.17. The lowest BCUT2D eigenvalue weighted by atomic mass is 10.0. The standard InChI is InChI=1S/C15H18N2O3/c1-10-5-6-12(18)11(9-10)13-16-14(17-20-13)15(19-2)7-3-4-8-15/h5-6,9,18H,3-4,7-8H2,1-2H3. The molecule has 0 atom stereocenters. The van der Waals surface area contributed by atoms with Crippen LogP contribution in [0.25, 0.3) is 11.5 Å². The molecule has 0 unspecified atom stereocenters. The molecule has 0 bridgehead atoms. The fourth-order valence-electron chi connectivity index (χ4n) is 2.80. The Morgan fingerprint density at radius 1 is 1.30 bits per heavy atom. The van der Waals surface area contributed by atoms with E-state index in [0.29, 0.717) is 17.3 Å². The van der Waals surface area contributed by atoms with Crippen molar-refractivity contribution in [1.82, 2.24) is 10.1 Å². The van der Waals surface area contributed by atoms with Crippen molar-refractivity contribution in [2.75, 3.05) is 7.11 Å². The number of nitrogens with zero attached hydrogens (tertiary/aromatic N) is 2. The number of aryl methyl sites for hydroxylation is 1. The Bertz CT molecular complexity index is 615. The number of ether oxygens (including phenoxy) is 1. The van der Waals surface area contributed by atoms with Crippen LogP contribution in [0.1, 0.15) is 37.1 Å². The predicted molar refractivity (Wildman–Crippen MR) is 73.3 cm³/mol. The minimum Gasteiger partial charge on any atom is -0.507 e. The van der Waals surface area contributed by atoms with E-state index in [-0.39, 0.29) is 5.75 Å². The van der Waals surface area contributed by atoms with Crippen molar-refractivity contribution in [3.63, 3.8) is 0 Å². The largest absolute Gasteiger partial charge is 0.507 e. The van der Waals surface area contributed by atoms with Crippen LogP contribution in [0, 0.1) is 6.92 Å². The molecule has 0 aliphatic heterocycles. The molecular formula is C15H18N2O3. The smallest absolute Gasteiger partial charge is 0.261 e.